The first kappa shape index (κ1) is 19.8. The SMILES string of the molecule is C(=CC1C/C=C/CC/C=C/CC(C=Cc2ccccc2)N=N1)c1ccccc1. The summed E-state index contributed by atoms with van der Waals surface area (Å²) in [5.41, 5.74) is 2.38. The van der Waals surface area contributed by atoms with Crippen molar-refractivity contribution < 1.29 is 0 Å². The van der Waals surface area contributed by atoms with Crippen LogP contribution in [0.5, 0.6) is 0 Å². The zero-order chi connectivity index (χ0) is 19.3. The highest BCUT2D eigenvalue weighted by molar-refractivity contribution is 5.50. The molecule has 0 saturated carbocycles. The molecule has 0 saturated heterocycles. The van der Waals surface area contributed by atoms with Gasteiger partial charge in [0.25, 0.3) is 0 Å². The van der Waals surface area contributed by atoms with Gasteiger partial charge in [-0.05, 0) is 36.8 Å². The summed E-state index contributed by atoms with van der Waals surface area (Å²) in [7, 11) is 0. The highest BCUT2D eigenvalue weighted by Crippen LogP contribution is 2.13. The molecule has 28 heavy (non-hydrogen) atoms. The largest absolute Gasteiger partial charge is 0.186 e. The highest BCUT2D eigenvalue weighted by Gasteiger charge is 2.05. The van der Waals surface area contributed by atoms with E-state index in [9.17, 15) is 0 Å². The number of azo groups is 1. The summed E-state index contributed by atoms with van der Waals surface area (Å²) in [6.07, 6.45) is 21.4. The monoisotopic (exact) mass is 368 g/mol. The van der Waals surface area contributed by atoms with Crippen molar-refractivity contribution in [2.75, 3.05) is 0 Å². The molecule has 3 rings (SSSR count). The van der Waals surface area contributed by atoms with E-state index in [4.69, 9.17) is 0 Å². The van der Waals surface area contributed by atoms with Gasteiger partial charge in [-0.3, -0.25) is 0 Å². The first-order valence-electron chi connectivity index (χ1n) is 10.1. The van der Waals surface area contributed by atoms with Crippen molar-refractivity contribution in [3.63, 3.8) is 0 Å². The second-order valence-corrected chi connectivity index (χ2v) is 6.90. The van der Waals surface area contributed by atoms with Crippen LogP contribution in [0.3, 0.4) is 0 Å². The molecule has 0 aliphatic carbocycles. The summed E-state index contributed by atoms with van der Waals surface area (Å²) in [6, 6.07) is 20.8. The quantitative estimate of drug-likeness (QED) is 0.506. The highest BCUT2D eigenvalue weighted by atomic mass is 15.1. The molecular formula is C26H28N2. The summed E-state index contributed by atoms with van der Waals surface area (Å²) in [5, 5.41) is 9.34. The third-order valence-corrected chi connectivity index (χ3v) is 4.57. The molecule has 0 radical (unpaired) electrons. The first-order valence-corrected chi connectivity index (χ1v) is 10.1. The predicted octanol–water partition coefficient (Wildman–Crippen LogP) is 7.29. The Labute approximate surface area is 168 Å². The molecule has 2 aromatic rings. The summed E-state index contributed by atoms with van der Waals surface area (Å²) < 4.78 is 0. The molecule has 0 aromatic heterocycles. The average molecular weight is 369 g/mol. The summed E-state index contributed by atoms with van der Waals surface area (Å²) >= 11 is 0. The molecule has 1 aliphatic rings. The minimum Gasteiger partial charge on any atom is -0.186 e. The van der Waals surface area contributed by atoms with Crippen LogP contribution >= 0.6 is 0 Å². The van der Waals surface area contributed by atoms with E-state index in [-0.39, 0.29) is 12.1 Å². The number of rotatable bonds is 4. The van der Waals surface area contributed by atoms with E-state index >= 15 is 0 Å². The van der Waals surface area contributed by atoms with Crippen molar-refractivity contribution in [1.82, 2.24) is 0 Å². The van der Waals surface area contributed by atoms with Crippen LogP contribution in [-0.4, -0.2) is 12.1 Å². The van der Waals surface area contributed by atoms with E-state index < -0.39 is 0 Å². The van der Waals surface area contributed by atoms with Crippen molar-refractivity contribution in [3.05, 3.63) is 108 Å². The van der Waals surface area contributed by atoms with E-state index in [1.807, 2.05) is 12.1 Å². The summed E-state index contributed by atoms with van der Waals surface area (Å²) in [5.74, 6) is 0. The van der Waals surface area contributed by atoms with Gasteiger partial charge in [0.15, 0.2) is 0 Å². The molecule has 2 atom stereocenters. The maximum atomic E-state index is 4.67. The van der Waals surface area contributed by atoms with Gasteiger partial charge in [-0.25, -0.2) is 0 Å². The van der Waals surface area contributed by atoms with Gasteiger partial charge in [0.05, 0.1) is 12.1 Å². The second-order valence-electron chi connectivity index (χ2n) is 6.90. The van der Waals surface area contributed by atoms with Gasteiger partial charge in [0.1, 0.15) is 0 Å². The minimum atomic E-state index is 0.0625. The number of allylic oxidation sites excluding steroid dienone is 2. The smallest absolute Gasteiger partial charge is 0.0926 e. The molecule has 2 unspecified atom stereocenters. The van der Waals surface area contributed by atoms with Gasteiger partial charge in [-0.2, -0.15) is 10.2 Å². The molecule has 0 N–H and O–H groups in total. The van der Waals surface area contributed by atoms with E-state index in [1.54, 1.807) is 0 Å². The minimum absolute atomic E-state index is 0.0625. The fraction of sp³-hybridized carbons (Fsp3) is 0.231. The van der Waals surface area contributed by atoms with Crippen LogP contribution in [0, 0.1) is 0 Å². The molecule has 0 spiro atoms. The Morgan fingerprint density at radius 3 is 1.43 bits per heavy atom. The Hall–Kier alpha value is -3.00. The molecule has 142 valence electrons. The van der Waals surface area contributed by atoms with Gasteiger partial charge < -0.3 is 0 Å². The number of hydrogen-bond acceptors (Lipinski definition) is 2. The van der Waals surface area contributed by atoms with Crippen LogP contribution in [-0.2, 0) is 0 Å². The Kier molecular flexibility index (Phi) is 8.22. The van der Waals surface area contributed by atoms with Crippen LogP contribution in [0.4, 0.5) is 0 Å². The van der Waals surface area contributed by atoms with Gasteiger partial charge in [0, 0.05) is 0 Å². The number of benzene rings is 2. The van der Waals surface area contributed by atoms with Gasteiger partial charge in [0.2, 0.25) is 0 Å². The zero-order valence-electron chi connectivity index (χ0n) is 16.3. The molecule has 2 nitrogen and oxygen atoms in total. The molecule has 0 bridgehead atoms. The molecule has 1 heterocycles. The average Bonchev–Trinajstić information content (AvgIpc) is 2.74. The van der Waals surface area contributed by atoms with Crippen LogP contribution in [0.1, 0.15) is 36.8 Å². The van der Waals surface area contributed by atoms with Crippen molar-refractivity contribution in [2.24, 2.45) is 10.2 Å². The molecule has 2 heteroatoms. The van der Waals surface area contributed by atoms with E-state index in [0.717, 1.165) is 25.7 Å². The van der Waals surface area contributed by atoms with Crippen molar-refractivity contribution >= 4 is 12.2 Å². The maximum absolute atomic E-state index is 4.67. The van der Waals surface area contributed by atoms with Crippen LogP contribution < -0.4 is 0 Å². The Morgan fingerprint density at radius 1 is 0.571 bits per heavy atom. The fourth-order valence-electron chi connectivity index (χ4n) is 2.97. The van der Waals surface area contributed by atoms with Gasteiger partial charge in [-0.15, -0.1) is 0 Å². The zero-order valence-corrected chi connectivity index (χ0v) is 16.3. The Balaban J connectivity index is 1.74. The van der Waals surface area contributed by atoms with Crippen LogP contribution in [0.2, 0.25) is 0 Å². The van der Waals surface area contributed by atoms with Crippen molar-refractivity contribution in [1.29, 1.82) is 0 Å². The normalized spacial score (nSPS) is 23.3. The Bertz CT molecular complexity index is 758. The lowest BCUT2D eigenvalue weighted by Crippen LogP contribution is -2.02. The molecule has 2 aromatic carbocycles. The third kappa shape index (κ3) is 7.32. The topological polar surface area (TPSA) is 24.7 Å². The van der Waals surface area contributed by atoms with Gasteiger partial charge in [-0.1, -0.05) is 109 Å². The lowest BCUT2D eigenvalue weighted by atomic mass is 10.1. The molecule has 0 amide bonds. The van der Waals surface area contributed by atoms with Crippen molar-refractivity contribution in [3.8, 4) is 0 Å². The lowest BCUT2D eigenvalue weighted by Gasteiger charge is -2.08. The summed E-state index contributed by atoms with van der Waals surface area (Å²) in [6.45, 7) is 0. The van der Waals surface area contributed by atoms with Crippen LogP contribution in [0.15, 0.2) is 107 Å². The Morgan fingerprint density at radius 2 is 1.00 bits per heavy atom. The molecule has 1 aliphatic heterocycles. The number of hydrogen-bond donors (Lipinski definition) is 0. The standard InChI is InChI=1S/C26H28N2/c1-2-4-12-18-26(22-20-24-15-9-6-10-16-24)28-27-25(17-11-3-1)21-19-23-13-7-5-8-14-23/h3-16,19-22,25-26H,1-2,17-18H2/b11-3+,12-4+,21-19?,22-20?,28-27?. The van der Waals surface area contributed by atoms with Crippen molar-refractivity contribution in [2.45, 2.75) is 37.8 Å². The first-order chi connectivity index (χ1) is 13.9. The predicted molar refractivity (Wildman–Crippen MR) is 120 cm³/mol. The fourth-order valence-corrected chi connectivity index (χ4v) is 2.97. The number of nitrogens with zero attached hydrogens (tertiary/aromatic N) is 2. The van der Waals surface area contributed by atoms with E-state index in [1.165, 1.54) is 11.1 Å². The van der Waals surface area contributed by atoms with E-state index in [0.29, 0.717) is 0 Å². The molecular weight excluding hydrogens is 340 g/mol. The third-order valence-electron chi connectivity index (χ3n) is 4.57. The van der Waals surface area contributed by atoms with Crippen LogP contribution in [0.25, 0.3) is 12.2 Å². The van der Waals surface area contributed by atoms with E-state index in [2.05, 4.69) is 107 Å². The summed E-state index contributed by atoms with van der Waals surface area (Å²) in [4.78, 5) is 0. The maximum Gasteiger partial charge on any atom is 0.0926 e. The second kappa shape index (κ2) is 11.7. The lowest BCUT2D eigenvalue weighted by molar-refractivity contribution is 0.687. The van der Waals surface area contributed by atoms with Gasteiger partial charge >= 0.3 is 0 Å². The molecule has 0 fully saturated rings.